The minimum Gasteiger partial charge on any atom is -0.336 e. The summed E-state index contributed by atoms with van der Waals surface area (Å²) in [7, 11) is 1.89. The zero-order valence-corrected chi connectivity index (χ0v) is 12.7. The monoisotopic (exact) mass is 298 g/mol. The number of imidazole rings is 1. The minimum absolute atomic E-state index is 0.186. The molecule has 1 atom stereocenters. The van der Waals surface area contributed by atoms with E-state index < -0.39 is 0 Å². The summed E-state index contributed by atoms with van der Waals surface area (Å²) in [6.45, 7) is 4.03. The van der Waals surface area contributed by atoms with Crippen LogP contribution in [-0.4, -0.2) is 20.6 Å². The lowest BCUT2D eigenvalue weighted by molar-refractivity contribution is 0.243. The summed E-state index contributed by atoms with van der Waals surface area (Å²) < 4.78 is 1.88. The first kappa shape index (κ1) is 15.5. The highest BCUT2D eigenvalue weighted by Gasteiger charge is 2.21. The third-order valence-electron chi connectivity index (χ3n) is 3.23. The van der Waals surface area contributed by atoms with Crippen LogP contribution in [0.4, 0.5) is 10.5 Å². The lowest BCUT2D eigenvalue weighted by Gasteiger charge is -2.22. The summed E-state index contributed by atoms with van der Waals surface area (Å²) >= 11 is 0. The Hall–Kier alpha value is -2.88. The number of aromatic nitrogens is 3. The van der Waals surface area contributed by atoms with Crippen LogP contribution in [0.1, 0.15) is 31.4 Å². The molecule has 0 saturated heterocycles. The van der Waals surface area contributed by atoms with Crippen LogP contribution in [0.25, 0.3) is 0 Å². The van der Waals surface area contributed by atoms with Gasteiger partial charge in [0.15, 0.2) is 0 Å². The maximum atomic E-state index is 12.1. The second-order valence-corrected chi connectivity index (χ2v) is 5.26. The van der Waals surface area contributed by atoms with E-state index in [1.807, 2.05) is 37.7 Å². The van der Waals surface area contributed by atoms with E-state index in [1.165, 1.54) is 6.20 Å². The van der Waals surface area contributed by atoms with Gasteiger partial charge >= 0.3 is 6.03 Å². The van der Waals surface area contributed by atoms with Gasteiger partial charge in [-0.05, 0) is 18.1 Å². The van der Waals surface area contributed by atoms with Gasteiger partial charge in [-0.2, -0.15) is 5.26 Å². The Balaban J connectivity index is 2.05. The fraction of sp³-hybridized carbons (Fsp3) is 0.333. The molecule has 0 radical (unpaired) electrons. The Kier molecular flexibility index (Phi) is 4.73. The number of amides is 2. The molecule has 0 spiro atoms. The van der Waals surface area contributed by atoms with Crippen molar-refractivity contribution >= 4 is 11.7 Å². The van der Waals surface area contributed by atoms with Crippen LogP contribution in [0.5, 0.6) is 0 Å². The Morgan fingerprint density at radius 2 is 2.14 bits per heavy atom. The third kappa shape index (κ3) is 3.61. The van der Waals surface area contributed by atoms with Gasteiger partial charge in [-0.1, -0.05) is 13.8 Å². The highest BCUT2D eigenvalue weighted by Crippen LogP contribution is 2.19. The normalized spacial score (nSPS) is 11.8. The van der Waals surface area contributed by atoms with Crippen molar-refractivity contribution in [3.63, 3.8) is 0 Å². The van der Waals surface area contributed by atoms with Crippen LogP contribution in [-0.2, 0) is 7.05 Å². The molecule has 2 amide bonds. The zero-order chi connectivity index (χ0) is 16.1. The van der Waals surface area contributed by atoms with Gasteiger partial charge in [0.05, 0.1) is 17.9 Å². The summed E-state index contributed by atoms with van der Waals surface area (Å²) in [5, 5.41) is 14.3. The summed E-state index contributed by atoms with van der Waals surface area (Å²) in [6.07, 6.45) is 4.99. The minimum atomic E-state index is -0.340. The van der Waals surface area contributed by atoms with E-state index in [1.54, 1.807) is 18.3 Å². The average Bonchev–Trinajstić information content (AvgIpc) is 2.91. The van der Waals surface area contributed by atoms with E-state index in [9.17, 15) is 4.79 Å². The predicted octanol–water partition coefficient (Wildman–Crippen LogP) is 2.21. The van der Waals surface area contributed by atoms with Gasteiger partial charge < -0.3 is 15.2 Å². The first-order valence-corrected chi connectivity index (χ1v) is 6.92. The maximum absolute atomic E-state index is 12.1. The van der Waals surface area contributed by atoms with Crippen LogP contribution in [0.15, 0.2) is 30.7 Å². The number of nitrogens with zero attached hydrogens (tertiary/aromatic N) is 4. The SMILES string of the molecule is CC(C)C(NC(=O)Nc1ccc(C#N)nc1)c1nccn1C. The average molecular weight is 298 g/mol. The van der Waals surface area contributed by atoms with E-state index in [-0.39, 0.29) is 18.0 Å². The number of pyridine rings is 1. The largest absolute Gasteiger partial charge is 0.336 e. The van der Waals surface area contributed by atoms with Crippen molar-refractivity contribution in [1.29, 1.82) is 5.26 Å². The van der Waals surface area contributed by atoms with Gasteiger partial charge in [-0.3, -0.25) is 0 Å². The second kappa shape index (κ2) is 6.72. The Labute approximate surface area is 129 Å². The van der Waals surface area contributed by atoms with E-state index in [2.05, 4.69) is 20.6 Å². The molecule has 0 aromatic carbocycles. The Bertz CT molecular complexity index is 683. The molecule has 114 valence electrons. The molecular weight excluding hydrogens is 280 g/mol. The van der Waals surface area contributed by atoms with Crippen LogP contribution in [0.2, 0.25) is 0 Å². The van der Waals surface area contributed by atoms with Crippen molar-refractivity contribution in [2.75, 3.05) is 5.32 Å². The van der Waals surface area contributed by atoms with E-state index in [4.69, 9.17) is 5.26 Å². The van der Waals surface area contributed by atoms with Crippen LogP contribution >= 0.6 is 0 Å². The number of aryl methyl sites for hydroxylation is 1. The van der Waals surface area contributed by atoms with Crippen molar-refractivity contribution in [3.05, 3.63) is 42.2 Å². The molecule has 0 saturated carbocycles. The third-order valence-corrected chi connectivity index (χ3v) is 3.23. The smallest absolute Gasteiger partial charge is 0.319 e. The first-order valence-electron chi connectivity index (χ1n) is 6.92. The zero-order valence-electron chi connectivity index (χ0n) is 12.7. The quantitative estimate of drug-likeness (QED) is 0.904. The topological polar surface area (TPSA) is 95.6 Å². The number of nitriles is 1. The van der Waals surface area contributed by atoms with Gasteiger partial charge in [0.1, 0.15) is 17.6 Å². The molecule has 0 fully saturated rings. The highest BCUT2D eigenvalue weighted by atomic mass is 16.2. The first-order chi connectivity index (χ1) is 10.5. The Morgan fingerprint density at radius 1 is 1.36 bits per heavy atom. The fourth-order valence-electron chi connectivity index (χ4n) is 2.05. The van der Waals surface area contributed by atoms with Crippen LogP contribution in [0.3, 0.4) is 0 Å². The van der Waals surface area contributed by atoms with Crippen molar-refractivity contribution < 1.29 is 4.79 Å². The van der Waals surface area contributed by atoms with Crippen molar-refractivity contribution in [3.8, 4) is 6.07 Å². The van der Waals surface area contributed by atoms with Crippen LogP contribution < -0.4 is 10.6 Å². The van der Waals surface area contributed by atoms with E-state index in [0.29, 0.717) is 11.4 Å². The second-order valence-electron chi connectivity index (χ2n) is 5.26. The summed E-state index contributed by atoms with van der Waals surface area (Å²) in [5.74, 6) is 0.981. The number of hydrogen-bond donors (Lipinski definition) is 2. The van der Waals surface area contributed by atoms with Gasteiger partial charge in [0, 0.05) is 19.4 Å². The molecule has 0 bridgehead atoms. The van der Waals surface area contributed by atoms with Gasteiger partial charge in [0.25, 0.3) is 0 Å². The fourth-order valence-corrected chi connectivity index (χ4v) is 2.05. The van der Waals surface area contributed by atoms with Gasteiger partial charge in [-0.25, -0.2) is 14.8 Å². The number of hydrogen-bond acceptors (Lipinski definition) is 4. The van der Waals surface area contributed by atoms with Crippen LogP contribution in [0, 0.1) is 17.2 Å². The molecular formula is C15H18N6O. The molecule has 2 rings (SSSR count). The highest BCUT2D eigenvalue weighted by molar-refractivity contribution is 5.89. The molecule has 7 heteroatoms. The number of urea groups is 1. The molecule has 2 aromatic heterocycles. The number of anilines is 1. The predicted molar refractivity (Wildman–Crippen MR) is 81.9 cm³/mol. The Morgan fingerprint density at radius 3 is 2.64 bits per heavy atom. The van der Waals surface area contributed by atoms with Gasteiger partial charge in [-0.15, -0.1) is 0 Å². The molecule has 0 aliphatic rings. The molecule has 2 N–H and O–H groups in total. The molecule has 22 heavy (non-hydrogen) atoms. The summed E-state index contributed by atoms with van der Waals surface area (Å²) in [5.41, 5.74) is 0.831. The molecule has 1 unspecified atom stereocenters. The lowest BCUT2D eigenvalue weighted by Crippen LogP contribution is -2.36. The molecule has 2 heterocycles. The number of carbonyl (C=O) groups excluding carboxylic acids is 1. The standard InChI is InChI=1S/C15H18N6O/c1-10(2)13(14-17-6-7-21(14)3)20-15(22)19-12-5-4-11(8-16)18-9-12/h4-7,9-10,13H,1-3H3,(H2,19,20,22). The van der Waals surface area contributed by atoms with Crippen molar-refractivity contribution in [2.45, 2.75) is 19.9 Å². The lowest BCUT2D eigenvalue weighted by atomic mass is 10.0. The van der Waals surface area contributed by atoms with E-state index in [0.717, 1.165) is 5.82 Å². The maximum Gasteiger partial charge on any atom is 0.319 e. The van der Waals surface area contributed by atoms with Crippen molar-refractivity contribution in [1.82, 2.24) is 19.9 Å². The number of rotatable bonds is 4. The number of carbonyl (C=O) groups is 1. The summed E-state index contributed by atoms with van der Waals surface area (Å²) in [4.78, 5) is 20.3. The van der Waals surface area contributed by atoms with Gasteiger partial charge in [0.2, 0.25) is 0 Å². The number of nitrogens with one attached hydrogen (secondary N) is 2. The summed E-state index contributed by atoms with van der Waals surface area (Å²) in [6, 6.07) is 4.57. The van der Waals surface area contributed by atoms with Crippen molar-refractivity contribution in [2.24, 2.45) is 13.0 Å². The molecule has 2 aromatic rings. The molecule has 7 nitrogen and oxygen atoms in total. The van der Waals surface area contributed by atoms with E-state index >= 15 is 0 Å². The molecule has 0 aliphatic carbocycles. The molecule has 0 aliphatic heterocycles.